The Labute approximate surface area is 115 Å². The third-order valence-electron chi connectivity index (χ3n) is 4.51. The van der Waals surface area contributed by atoms with Crippen LogP contribution >= 0.6 is 0 Å². The molecule has 1 atom stereocenters. The second-order valence-corrected chi connectivity index (χ2v) is 5.99. The zero-order valence-electron chi connectivity index (χ0n) is 12.3. The Balaban J connectivity index is 2.17. The fourth-order valence-electron chi connectivity index (χ4n) is 2.73. The van der Waals surface area contributed by atoms with E-state index >= 15 is 0 Å². The van der Waals surface area contributed by atoms with Crippen LogP contribution in [0, 0.1) is 25.2 Å². The summed E-state index contributed by atoms with van der Waals surface area (Å²) in [6, 6.07) is 6.08. The van der Waals surface area contributed by atoms with Crippen LogP contribution in [0.15, 0.2) is 18.2 Å². The summed E-state index contributed by atoms with van der Waals surface area (Å²) < 4.78 is 0. The lowest BCUT2D eigenvalue weighted by molar-refractivity contribution is -0.126. The predicted molar refractivity (Wildman–Crippen MR) is 79.3 cm³/mol. The molecule has 0 radical (unpaired) electrons. The standard InChI is InChI=1S/C16H24N2O/c1-11(2)16(7-8-17-10-16)15(19)18-14-6-5-12(3)13(4)9-14/h5-6,9,11,17H,7-8,10H2,1-4H3,(H,18,19). The van der Waals surface area contributed by atoms with Crippen LogP contribution < -0.4 is 10.6 Å². The SMILES string of the molecule is Cc1ccc(NC(=O)C2(C(C)C)CCNC2)cc1C. The van der Waals surface area contributed by atoms with Crippen LogP contribution in [-0.4, -0.2) is 19.0 Å². The van der Waals surface area contributed by atoms with Crippen molar-refractivity contribution >= 4 is 11.6 Å². The van der Waals surface area contributed by atoms with Gasteiger partial charge in [-0.15, -0.1) is 0 Å². The first kappa shape index (κ1) is 14.1. The maximum atomic E-state index is 12.6. The molecule has 1 amide bonds. The highest BCUT2D eigenvalue weighted by molar-refractivity contribution is 5.96. The molecule has 1 aliphatic heterocycles. The van der Waals surface area contributed by atoms with Gasteiger partial charge in [-0.2, -0.15) is 0 Å². The molecule has 1 saturated heterocycles. The molecule has 104 valence electrons. The Bertz CT molecular complexity index is 474. The molecule has 1 aliphatic rings. The monoisotopic (exact) mass is 260 g/mol. The minimum atomic E-state index is -0.265. The Hall–Kier alpha value is -1.35. The third-order valence-corrected chi connectivity index (χ3v) is 4.51. The lowest BCUT2D eigenvalue weighted by Crippen LogP contribution is -2.42. The smallest absolute Gasteiger partial charge is 0.232 e. The highest BCUT2D eigenvalue weighted by Gasteiger charge is 2.43. The van der Waals surface area contributed by atoms with E-state index in [9.17, 15) is 4.79 Å². The topological polar surface area (TPSA) is 41.1 Å². The number of hydrogen-bond donors (Lipinski definition) is 2. The number of nitrogens with one attached hydrogen (secondary N) is 2. The van der Waals surface area contributed by atoms with E-state index in [1.807, 2.05) is 12.1 Å². The number of amides is 1. The Morgan fingerprint density at radius 1 is 1.32 bits per heavy atom. The van der Waals surface area contributed by atoms with Crippen LogP contribution in [0.1, 0.15) is 31.4 Å². The van der Waals surface area contributed by atoms with Crippen molar-refractivity contribution in [1.29, 1.82) is 0 Å². The molecule has 2 rings (SSSR count). The summed E-state index contributed by atoms with van der Waals surface area (Å²) in [5.74, 6) is 0.491. The van der Waals surface area contributed by atoms with Gasteiger partial charge >= 0.3 is 0 Å². The molecule has 0 aromatic heterocycles. The van der Waals surface area contributed by atoms with E-state index in [4.69, 9.17) is 0 Å². The largest absolute Gasteiger partial charge is 0.326 e. The first-order valence-corrected chi connectivity index (χ1v) is 7.05. The van der Waals surface area contributed by atoms with Gasteiger partial charge in [0.25, 0.3) is 0 Å². The van der Waals surface area contributed by atoms with Gasteiger partial charge in [0, 0.05) is 12.2 Å². The normalized spacial score (nSPS) is 22.8. The number of benzene rings is 1. The molecule has 0 bridgehead atoms. The second kappa shape index (κ2) is 5.33. The molecule has 1 aromatic rings. The number of aryl methyl sites for hydroxylation is 2. The van der Waals surface area contributed by atoms with Gasteiger partial charge in [-0.05, 0) is 56.0 Å². The summed E-state index contributed by atoms with van der Waals surface area (Å²) in [7, 11) is 0. The van der Waals surface area contributed by atoms with Gasteiger partial charge in [-0.25, -0.2) is 0 Å². The zero-order chi connectivity index (χ0) is 14.0. The molecule has 3 heteroatoms. The molecule has 1 heterocycles. The lowest BCUT2D eigenvalue weighted by atomic mass is 9.75. The zero-order valence-corrected chi connectivity index (χ0v) is 12.3. The number of carbonyl (C=O) groups excluding carboxylic acids is 1. The molecule has 0 spiro atoms. The number of hydrogen-bond acceptors (Lipinski definition) is 2. The number of carbonyl (C=O) groups is 1. The highest BCUT2D eigenvalue weighted by Crippen LogP contribution is 2.35. The number of anilines is 1. The first-order chi connectivity index (χ1) is 8.95. The predicted octanol–water partition coefficient (Wildman–Crippen LogP) is 2.88. The minimum absolute atomic E-state index is 0.149. The summed E-state index contributed by atoms with van der Waals surface area (Å²) in [6.45, 7) is 10.1. The fourth-order valence-corrected chi connectivity index (χ4v) is 2.73. The van der Waals surface area contributed by atoms with Crippen molar-refractivity contribution in [1.82, 2.24) is 5.32 Å². The van der Waals surface area contributed by atoms with Gasteiger partial charge in [-0.3, -0.25) is 4.79 Å². The van der Waals surface area contributed by atoms with Crippen molar-refractivity contribution in [3.05, 3.63) is 29.3 Å². The molecule has 0 saturated carbocycles. The van der Waals surface area contributed by atoms with Gasteiger partial charge in [0.05, 0.1) is 5.41 Å². The van der Waals surface area contributed by atoms with Gasteiger partial charge < -0.3 is 10.6 Å². The summed E-state index contributed by atoms with van der Waals surface area (Å²) in [4.78, 5) is 12.6. The lowest BCUT2D eigenvalue weighted by Gasteiger charge is -2.31. The van der Waals surface area contributed by atoms with E-state index in [0.717, 1.165) is 25.2 Å². The molecule has 0 aliphatic carbocycles. The van der Waals surface area contributed by atoms with Crippen molar-refractivity contribution < 1.29 is 4.79 Å². The summed E-state index contributed by atoms with van der Waals surface area (Å²) in [5, 5.41) is 6.42. The van der Waals surface area contributed by atoms with Crippen LogP contribution in [0.5, 0.6) is 0 Å². The first-order valence-electron chi connectivity index (χ1n) is 7.05. The Kier molecular flexibility index (Phi) is 3.95. The van der Waals surface area contributed by atoms with E-state index in [-0.39, 0.29) is 11.3 Å². The van der Waals surface area contributed by atoms with Gasteiger partial charge in [0.1, 0.15) is 0 Å². The van der Waals surface area contributed by atoms with Gasteiger partial charge in [0.2, 0.25) is 5.91 Å². The summed E-state index contributed by atoms with van der Waals surface area (Å²) in [5.41, 5.74) is 3.10. The van der Waals surface area contributed by atoms with E-state index in [1.54, 1.807) is 0 Å². The number of rotatable bonds is 3. The van der Waals surface area contributed by atoms with Crippen LogP contribution in [0.25, 0.3) is 0 Å². The quantitative estimate of drug-likeness (QED) is 0.877. The summed E-state index contributed by atoms with van der Waals surface area (Å²) in [6.07, 6.45) is 0.918. The third kappa shape index (κ3) is 2.66. The average molecular weight is 260 g/mol. The molecule has 1 aromatic carbocycles. The van der Waals surface area contributed by atoms with E-state index in [1.165, 1.54) is 11.1 Å². The maximum absolute atomic E-state index is 12.6. The second-order valence-electron chi connectivity index (χ2n) is 5.99. The summed E-state index contributed by atoms with van der Waals surface area (Å²) >= 11 is 0. The van der Waals surface area contributed by atoms with Crippen LogP contribution in [0.4, 0.5) is 5.69 Å². The molecule has 1 unspecified atom stereocenters. The Morgan fingerprint density at radius 3 is 2.58 bits per heavy atom. The van der Waals surface area contributed by atoms with E-state index in [2.05, 4.69) is 44.4 Å². The average Bonchev–Trinajstić information content (AvgIpc) is 2.84. The molecular weight excluding hydrogens is 236 g/mol. The molecule has 19 heavy (non-hydrogen) atoms. The van der Waals surface area contributed by atoms with E-state index < -0.39 is 0 Å². The van der Waals surface area contributed by atoms with Crippen LogP contribution in [-0.2, 0) is 4.79 Å². The van der Waals surface area contributed by atoms with E-state index in [0.29, 0.717) is 5.92 Å². The van der Waals surface area contributed by atoms with Crippen LogP contribution in [0.2, 0.25) is 0 Å². The van der Waals surface area contributed by atoms with Crippen molar-refractivity contribution in [3.63, 3.8) is 0 Å². The molecule has 1 fully saturated rings. The fraction of sp³-hybridized carbons (Fsp3) is 0.562. The van der Waals surface area contributed by atoms with Crippen molar-refractivity contribution in [2.24, 2.45) is 11.3 Å². The van der Waals surface area contributed by atoms with Crippen molar-refractivity contribution in [2.45, 2.75) is 34.1 Å². The molecule has 3 nitrogen and oxygen atoms in total. The maximum Gasteiger partial charge on any atom is 0.232 e. The molecular formula is C16H24N2O. The van der Waals surface area contributed by atoms with Crippen molar-refractivity contribution in [3.8, 4) is 0 Å². The van der Waals surface area contributed by atoms with Crippen molar-refractivity contribution in [2.75, 3.05) is 18.4 Å². The highest BCUT2D eigenvalue weighted by atomic mass is 16.2. The molecule has 2 N–H and O–H groups in total. The van der Waals surface area contributed by atoms with Gasteiger partial charge in [-0.1, -0.05) is 19.9 Å². The van der Waals surface area contributed by atoms with Crippen LogP contribution in [0.3, 0.4) is 0 Å². The van der Waals surface area contributed by atoms with Gasteiger partial charge in [0.15, 0.2) is 0 Å². The minimum Gasteiger partial charge on any atom is -0.326 e. The Morgan fingerprint density at radius 2 is 2.05 bits per heavy atom.